The van der Waals surface area contributed by atoms with Gasteiger partial charge in [0.15, 0.2) is 0 Å². The minimum atomic E-state index is -3.06. The van der Waals surface area contributed by atoms with Crippen molar-refractivity contribution < 1.29 is 15.0 Å². The molecule has 0 fully saturated rings. The number of nitrogens with zero attached hydrogens (tertiary/aromatic N) is 2. The zero-order valence-corrected chi connectivity index (χ0v) is 8.60. The minimum absolute atomic E-state index is 0. The Morgan fingerprint density at radius 1 is 1.30 bits per heavy atom. The van der Waals surface area contributed by atoms with Gasteiger partial charge in [-0.3, -0.25) is 25.3 Å². The predicted molar refractivity (Wildman–Crippen MR) is 30.4 cm³/mol. The van der Waals surface area contributed by atoms with E-state index < -0.39 is 15.7 Å². The number of hydrogen-bond acceptors (Lipinski definition) is 5. The van der Waals surface area contributed by atoms with Gasteiger partial charge in [-0.1, -0.05) is 0 Å². The van der Waals surface area contributed by atoms with Crippen molar-refractivity contribution in [2.45, 2.75) is 12.8 Å². The molecule has 0 amide bonds. The number of rotatable bonds is 2. The Bertz CT molecular complexity index is 140. The maximum Gasteiger partial charge on any atom is 0.573 e. The van der Waals surface area contributed by atoms with Crippen LogP contribution in [-0.4, -0.2) is 72.2 Å². The molecule has 0 unspecified atom stereocenters. The Morgan fingerprint density at radius 3 is 1.50 bits per heavy atom. The van der Waals surface area contributed by atoms with Crippen LogP contribution in [0.3, 0.4) is 0 Å². The number of hydrogen-bond donors (Lipinski definition) is 1. The summed E-state index contributed by atoms with van der Waals surface area (Å²) < 4.78 is 0. The molecule has 0 saturated carbocycles. The van der Waals surface area contributed by atoms with E-state index in [9.17, 15) is 20.2 Å². The van der Waals surface area contributed by atoms with Crippen LogP contribution in [0.4, 0.5) is 0 Å². The maximum atomic E-state index is 9.58. The van der Waals surface area contributed by atoms with E-state index in [0.29, 0.717) is 6.92 Å². The van der Waals surface area contributed by atoms with Crippen molar-refractivity contribution in [3.63, 3.8) is 0 Å². The van der Waals surface area contributed by atoms with Crippen LogP contribution in [0.25, 0.3) is 0 Å². The summed E-state index contributed by atoms with van der Waals surface area (Å²) in [7, 11) is 0. The fourth-order valence-electron chi connectivity index (χ4n) is 0.0667. The van der Waals surface area contributed by atoms with Crippen molar-refractivity contribution >= 4 is 51.4 Å². The maximum absolute atomic E-state index is 9.58. The van der Waals surface area contributed by atoms with Crippen LogP contribution >= 0.6 is 0 Å². The quantitative estimate of drug-likeness (QED) is 0.246. The molecule has 0 aliphatic carbocycles. The van der Waals surface area contributed by atoms with Crippen molar-refractivity contribution in [1.29, 1.82) is 0 Å². The van der Waals surface area contributed by atoms with E-state index in [0.717, 1.165) is 0 Å². The van der Waals surface area contributed by atoms with Crippen molar-refractivity contribution in [1.82, 2.24) is 0 Å². The Balaban J connectivity index is 0. The van der Waals surface area contributed by atoms with Gasteiger partial charge in [0.2, 0.25) is 0 Å². The largest absolute Gasteiger partial charge is 0.573 e. The van der Waals surface area contributed by atoms with E-state index >= 15 is 0 Å². The summed E-state index contributed by atoms with van der Waals surface area (Å²) in [5, 5.41) is 27.4. The molecule has 0 saturated heterocycles. The van der Waals surface area contributed by atoms with Crippen LogP contribution in [0.2, 0.25) is 0 Å². The van der Waals surface area contributed by atoms with E-state index in [1.165, 1.54) is 0 Å². The fraction of sp³-hybridized carbons (Fsp3) is 1.00. The first kappa shape index (κ1) is 13.0. The summed E-state index contributed by atoms with van der Waals surface area (Å²) in [6, 6.07) is 0. The summed E-state index contributed by atoms with van der Waals surface area (Å²) in [5.74, 6) is -3.06. The van der Waals surface area contributed by atoms with Gasteiger partial charge in [0.25, 0.3) is 0 Å². The van der Waals surface area contributed by atoms with E-state index in [-0.39, 0.29) is 51.4 Å². The minimum Gasteiger partial charge on any atom is -0.269 e. The molecule has 7 nitrogen and oxygen atoms in total. The third kappa shape index (κ3) is 2.99. The van der Waals surface area contributed by atoms with Crippen LogP contribution in [0.5, 0.6) is 0 Å². The van der Waals surface area contributed by atoms with Gasteiger partial charge >= 0.3 is 5.85 Å². The zero-order valence-electron chi connectivity index (χ0n) is 5.47. The van der Waals surface area contributed by atoms with Crippen molar-refractivity contribution in [2.24, 2.45) is 0 Å². The normalized spacial score (nSPS) is 9.80. The molecule has 0 aromatic heterocycles. The molecule has 1 radical (unpaired) electrons. The van der Waals surface area contributed by atoms with Gasteiger partial charge in [-0.15, -0.1) is 0 Å². The third-order valence-corrected chi connectivity index (χ3v) is 0.692. The molecule has 0 bridgehead atoms. The average molecular weight is 175 g/mol. The molecule has 0 atom stereocenters. The van der Waals surface area contributed by atoms with Crippen molar-refractivity contribution in [3.05, 3.63) is 20.2 Å². The second-order valence-corrected chi connectivity index (χ2v) is 1.49. The van der Waals surface area contributed by atoms with Gasteiger partial charge in [-0.05, 0) is 0 Å². The Labute approximate surface area is 98.1 Å². The zero-order chi connectivity index (χ0) is 7.65. The molecule has 53 valence electrons. The van der Waals surface area contributed by atoms with Crippen LogP contribution < -0.4 is 0 Å². The molecule has 0 aromatic rings. The van der Waals surface area contributed by atoms with Gasteiger partial charge in [-0.25, -0.2) is 0 Å². The molecule has 0 aromatic carbocycles. The number of aliphatic hydroxyl groups is 1. The van der Waals surface area contributed by atoms with Crippen LogP contribution in [-0.2, 0) is 0 Å². The summed E-state index contributed by atoms with van der Waals surface area (Å²) in [4.78, 5) is 16.4. The van der Waals surface area contributed by atoms with Crippen molar-refractivity contribution in [2.75, 3.05) is 0 Å². The topological polar surface area (TPSA) is 107 Å². The fourth-order valence-corrected chi connectivity index (χ4v) is 0.0667. The molecular formula is C2H4KN2O5. The molecule has 10 heavy (non-hydrogen) atoms. The summed E-state index contributed by atoms with van der Waals surface area (Å²) in [5.41, 5.74) is 0. The molecule has 1 N–H and O–H groups in total. The van der Waals surface area contributed by atoms with Crippen LogP contribution in [0, 0.1) is 20.2 Å². The first-order chi connectivity index (χ1) is 3.89. The Kier molecular flexibility index (Phi) is 5.61. The third-order valence-electron chi connectivity index (χ3n) is 0.692. The standard InChI is InChI=1S/C2H4N2O5.K/c1-2(5,3(6)7)4(8)9;/h5H,1H3;. The van der Waals surface area contributed by atoms with Crippen LogP contribution in [0.1, 0.15) is 6.92 Å². The van der Waals surface area contributed by atoms with Gasteiger partial charge < -0.3 is 0 Å². The van der Waals surface area contributed by atoms with E-state index in [1.807, 2.05) is 0 Å². The average Bonchev–Trinajstić information content (AvgIpc) is 1.65. The monoisotopic (exact) mass is 175 g/mol. The summed E-state index contributed by atoms with van der Waals surface area (Å²) >= 11 is 0. The van der Waals surface area contributed by atoms with E-state index in [1.54, 1.807) is 0 Å². The van der Waals surface area contributed by atoms with Gasteiger partial charge in [0.1, 0.15) is 16.8 Å². The van der Waals surface area contributed by atoms with E-state index in [4.69, 9.17) is 5.11 Å². The Morgan fingerprint density at radius 2 is 1.50 bits per heavy atom. The number of nitro groups is 2. The molecule has 8 heteroatoms. The van der Waals surface area contributed by atoms with Crippen LogP contribution in [0.15, 0.2) is 0 Å². The molecule has 0 spiro atoms. The van der Waals surface area contributed by atoms with Crippen molar-refractivity contribution in [3.8, 4) is 0 Å². The molecular weight excluding hydrogens is 171 g/mol. The summed E-state index contributed by atoms with van der Waals surface area (Å²) in [6.07, 6.45) is 0. The molecule has 0 rings (SSSR count). The van der Waals surface area contributed by atoms with Gasteiger partial charge in [0, 0.05) is 51.4 Å². The van der Waals surface area contributed by atoms with E-state index in [2.05, 4.69) is 0 Å². The molecule has 0 aliphatic rings. The summed E-state index contributed by atoms with van der Waals surface area (Å²) in [6.45, 7) is 0.493. The first-order valence-electron chi connectivity index (χ1n) is 1.90. The van der Waals surface area contributed by atoms with Gasteiger partial charge in [0.05, 0.1) is 0 Å². The van der Waals surface area contributed by atoms with Gasteiger partial charge in [-0.2, -0.15) is 0 Å². The first-order valence-corrected chi connectivity index (χ1v) is 1.90. The SMILES string of the molecule is CC(O)([N+](=O)[O-])[N+](=O)[O-].[K]. The molecule has 0 heterocycles. The predicted octanol–water partition coefficient (Wildman–Crippen LogP) is -1.18. The second-order valence-electron chi connectivity index (χ2n) is 1.49. The Hall–Kier alpha value is 0.396. The second kappa shape index (κ2) is 4.31. The molecule has 0 aliphatic heterocycles. The smallest absolute Gasteiger partial charge is 0.269 e.